The molecule has 0 fully saturated rings. The summed E-state index contributed by atoms with van der Waals surface area (Å²) in [6, 6.07) is 16.1. The number of anilines is 1. The maximum absolute atomic E-state index is 13.9. The molecule has 43 heavy (non-hydrogen) atoms. The quantitative estimate of drug-likeness (QED) is 0.246. The summed E-state index contributed by atoms with van der Waals surface area (Å²) in [6.45, 7) is 5.38. The molecule has 0 bridgehead atoms. The second kappa shape index (κ2) is 14.5. The van der Waals surface area contributed by atoms with Crippen LogP contribution in [-0.2, 0) is 32.6 Å². The van der Waals surface area contributed by atoms with Gasteiger partial charge in [0.25, 0.3) is 0 Å². The largest absolute Gasteiger partial charge is 0.350 e. The summed E-state index contributed by atoms with van der Waals surface area (Å²) in [5, 5.41) is 3.61. The van der Waals surface area contributed by atoms with Crippen molar-refractivity contribution in [2.24, 2.45) is 0 Å². The minimum absolute atomic E-state index is 0.0315. The topological polar surface area (TPSA) is 86.8 Å². The van der Waals surface area contributed by atoms with Crippen LogP contribution >= 0.6 is 23.2 Å². The average molecular weight is 655 g/mol. The van der Waals surface area contributed by atoms with E-state index in [0.717, 1.165) is 34.3 Å². The number of hydrogen-bond donors (Lipinski definition) is 1. The molecule has 2 amide bonds. The molecule has 12 heteroatoms. The molecule has 0 radical (unpaired) electrons. The van der Waals surface area contributed by atoms with E-state index >= 15 is 0 Å². The van der Waals surface area contributed by atoms with Gasteiger partial charge in [0.2, 0.25) is 21.8 Å². The van der Waals surface area contributed by atoms with Crippen LogP contribution in [0.3, 0.4) is 0 Å². The van der Waals surface area contributed by atoms with Gasteiger partial charge in [-0.2, -0.15) is 0 Å². The molecule has 1 atom stereocenters. The maximum atomic E-state index is 13.9. The van der Waals surface area contributed by atoms with Gasteiger partial charge < -0.3 is 10.2 Å². The number of nitrogens with one attached hydrogen (secondary N) is 1. The van der Waals surface area contributed by atoms with E-state index in [1.165, 1.54) is 4.90 Å². The number of benzene rings is 3. The summed E-state index contributed by atoms with van der Waals surface area (Å²) in [4.78, 5) is 29.0. The molecule has 3 aromatic carbocycles. The zero-order valence-corrected chi connectivity index (χ0v) is 26.7. The first-order valence-electron chi connectivity index (χ1n) is 13.6. The number of carbonyl (C=O) groups is 2. The summed E-state index contributed by atoms with van der Waals surface area (Å²) < 4.78 is 53.3. The second-order valence-corrected chi connectivity index (χ2v) is 14.0. The fraction of sp³-hybridized carbons (Fsp3) is 0.355. The van der Waals surface area contributed by atoms with Crippen molar-refractivity contribution < 1.29 is 26.8 Å². The van der Waals surface area contributed by atoms with Gasteiger partial charge in [0.1, 0.15) is 6.04 Å². The lowest BCUT2D eigenvalue weighted by molar-refractivity contribution is -0.142. The Balaban J connectivity index is 1.93. The van der Waals surface area contributed by atoms with E-state index in [1.807, 2.05) is 51.1 Å². The molecule has 0 aliphatic rings. The van der Waals surface area contributed by atoms with Gasteiger partial charge in [-0.3, -0.25) is 13.9 Å². The van der Waals surface area contributed by atoms with Crippen molar-refractivity contribution in [1.29, 1.82) is 0 Å². The van der Waals surface area contributed by atoms with E-state index in [1.54, 1.807) is 18.2 Å². The van der Waals surface area contributed by atoms with Gasteiger partial charge in [-0.05, 0) is 62.6 Å². The zero-order chi connectivity index (χ0) is 31.9. The van der Waals surface area contributed by atoms with Crippen LogP contribution in [0.5, 0.6) is 0 Å². The highest BCUT2D eigenvalue weighted by atomic mass is 35.5. The van der Waals surface area contributed by atoms with Crippen LogP contribution in [0.2, 0.25) is 10.0 Å². The lowest BCUT2D eigenvalue weighted by atomic mass is 10.00. The minimum atomic E-state index is -3.89. The summed E-state index contributed by atoms with van der Waals surface area (Å²) in [6.07, 6.45) is 1.08. The molecule has 0 aromatic heterocycles. The Bertz CT molecular complexity index is 1550. The normalized spacial score (nSPS) is 12.5. The van der Waals surface area contributed by atoms with Crippen molar-refractivity contribution in [3.05, 3.63) is 99.5 Å². The van der Waals surface area contributed by atoms with Gasteiger partial charge in [0.05, 0.1) is 22.0 Å². The van der Waals surface area contributed by atoms with Crippen LogP contribution in [0.4, 0.5) is 14.5 Å². The van der Waals surface area contributed by atoms with Gasteiger partial charge in [-0.1, -0.05) is 59.6 Å². The third kappa shape index (κ3) is 10.2. The number of amides is 2. The summed E-state index contributed by atoms with van der Waals surface area (Å²) >= 11 is 12.4. The van der Waals surface area contributed by atoms with Gasteiger partial charge in [0.15, 0.2) is 11.6 Å². The smallest absolute Gasteiger partial charge is 0.243 e. The number of hydrogen-bond acceptors (Lipinski definition) is 4. The summed E-state index contributed by atoms with van der Waals surface area (Å²) in [7, 11) is -3.89. The molecule has 0 spiro atoms. The van der Waals surface area contributed by atoms with E-state index in [-0.39, 0.29) is 43.9 Å². The molecule has 0 saturated carbocycles. The zero-order valence-electron chi connectivity index (χ0n) is 24.4. The molecular formula is C31H35Cl2F2N3O4S. The standard InChI is InChI=1S/C31H35Cl2F2N3O4S/c1-31(2,3)36-30(40)28(18-21-9-6-5-7-10-21)37(20-22-12-14-24(32)25(33)17-22)29(39)11-8-16-38(43(4,41)42)23-13-15-26(34)27(35)19-23/h5-7,9-10,12-15,17,19,28H,8,11,16,18,20H2,1-4H3,(H,36,40)/t28-/m1/s1. The van der Waals surface area contributed by atoms with Crippen molar-refractivity contribution in [1.82, 2.24) is 10.2 Å². The second-order valence-electron chi connectivity index (χ2n) is 11.3. The van der Waals surface area contributed by atoms with Crippen LogP contribution in [0, 0.1) is 11.6 Å². The molecule has 1 N–H and O–H groups in total. The molecule has 0 saturated heterocycles. The van der Waals surface area contributed by atoms with Crippen molar-refractivity contribution in [2.45, 2.75) is 58.2 Å². The first kappa shape index (κ1) is 34.3. The minimum Gasteiger partial charge on any atom is -0.350 e. The number of sulfonamides is 1. The molecule has 0 unspecified atom stereocenters. The van der Waals surface area contributed by atoms with Gasteiger partial charge in [0, 0.05) is 37.5 Å². The highest BCUT2D eigenvalue weighted by Crippen LogP contribution is 2.26. The van der Waals surface area contributed by atoms with Crippen molar-refractivity contribution in [2.75, 3.05) is 17.1 Å². The monoisotopic (exact) mass is 653 g/mol. The fourth-order valence-electron chi connectivity index (χ4n) is 4.49. The number of nitrogens with zero attached hydrogens (tertiary/aromatic N) is 2. The first-order valence-corrected chi connectivity index (χ1v) is 16.2. The number of rotatable bonds is 12. The Labute approximate surface area is 261 Å². The Hall–Kier alpha value is -3.21. The van der Waals surface area contributed by atoms with E-state index in [9.17, 15) is 26.8 Å². The van der Waals surface area contributed by atoms with Crippen molar-refractivity contribution >= 4 is 50.7 Å². The molecule has 0 aliphatic heterocycles. The lowest BCUT2D eigenvalue weighted by Crippen LogP contribution is -2.54. The van der Waals surface area contributed by atoms with Crippen LogP contribution in [0.15, 0.2) is 66.7 Å². The van der Waals surface area contributed by atoms with Crippen LogP contribution in [0.1, 0.15) is 44.7 Å². The summed E-state index contributed by atoms with van der Waals surface area (Å²) in [5.41, 5.74) is 0.840. The van der Waals surface area contributed by atoms with Crippen LogP contribution < -0.4 is 9.62 Å². The number of halogens is 4. The predicted molar refractivity (Wildman–Crippen MR) is 167 cm³/mol. The molecule has 3 aromatic rings. The first-order chi connectivity index (χ1) is 20.0. The molecule has 232 valence electrons. The van der Waals surface area contributed by atoms with Crippen molar-refractivity contribution in [3.8, 4) is 0 Å². The number of carbonyl (C=O) groups excluding carboxylic acids is 2. The fourth-order valence-corrected chi connectivity index (χ4v) is 5.76. The van der Waals surface area contributed by atoms with Gasteiger partial charge >= 0.3 is 0 Å². The van der Waals surface area contributed by atoms with E-state index in [4.69, 9.17) is 23.2 Å². The van der Waals surface area contributed by atoms with E-state index in [2.05, 4.69) is 5.32 Å². The van der Waals surface area contributed by atoms with E-state index in [0.29, 0.717) is 15.6 Å². The highest BCUT2D eigenvalue weighted by Gasteiger charge is 2.32. The third-order valence-corrected chi connectivity index (χ3v) is 8.38. The SMILES string of the molecule is CC(C)(C)NC(=O)[C@@H](Cc1ccccc1)N(Cc1ccc(Cl)c(Cl)c1)C(=O)CCCN(c1ccc(F)c(F)c1)S(C)(=O)=O. The highest BCUT2D eigenvalue weighted by molar-refractivity contribution is 7.92. The van der Waals surface area contributed by atoms with E-state index < -0.39 is 39.1 Å². The Morgan fingerprint density at radius 3 is 2.16 bits per heavy atom. The Morgan fingerprint density at radius 2 is 1.58 bits per heavy atom. The molecule has 7 nitrogen and oxygen atoms in total. The van der Waals surface area contributed by atoms with Crippen LogP contribution in [0.25, 0.3) is 0 Å². The van der Waals surface area contributed by atoms with Crippen molar-refractivity contribution in [3.63, 3.8) is 0 Å². The Morgan fingerprint density at radius 1 is 0.907 bits per heavy atom. The average Bonchev–Trinajstić information content (AvgIpc) is 2.91. The third-order valence-electron chi connectivity index (χ3n) is 6.45. The van der Waals surface area contributed by atoms with Crippen LogP contribution in [-0.4, -0.2) is 49.5 Å². The predicted octanol–water partition coefficient (Wildman–Crippen LogP) is 6.37. The maximum Gasteiger partial charge on any atom is 0.243 e. The van der Waals surface area contributed by atoms with Gasteiger partial charge in [-0.15, -0.1) is 0 Å². The molecule has 0 heterocycles. The molecular weight excluding hydrogens is 619 g/mol. The summed E-state index contributed by atoms with van der Waals surface area (Å²) in [5.74, 6) is -3.06. The molecule has 3 rings (SSSR count). The lowest BCUT2D eigenvalue weighted by Gasteiger charge is -2.34. The Kier molecular flexibility index (Phi) is 11.6. The molecule has 0 aliphatic carbocycles. The van der Waals surface area contributed by atoms with Gasteiger partial charge in [-0.25, -0.2) is 17.2 Å².